The van der Waals surface area contributed by atoms with Crippen molar-refractivity contribution in [2.75, 3.05) is 0 Å². The molecule has 0 nitrogen and oxygen atoms in total. The lowest BCUT2D eigenvalue weighted by Gasteiger charge is -2.33. The second-order valence-corrected chi connectivity index (χ2v) is 13.2. The molecule has 0 unspecified atom stereocenters. The lowest BCUT2D eigenvalue weighted by molar-refractivity contribution is 0.180. The van der Waals surface area contributed by atoms with Crippen LogP contribution in [-0.2, 0) is 0 Å². The first-order chi connectivity index (χ1) is 13.8. The SMILES string of the molecule is C.C.CC(C)(C)C1=CCCCC1.CC(C)(C)C1=CCCCC1.CC(C)(C)C1CCCCC1. The highest BCUT2D eigenvalue weighted by Crippen LogP contribution is 2.37. The van der Waals surface area contributed by atoms with Gasteiger partial charge in [0, 0.05) is 0 Å². The van der Waals surface area contributed by atoms with E-state index in [-0.39, 0.29) is 14.9 Å². The van der Waals surface area contributed by atoms with Crippen molar-refractivity contribution in [3.05, 3.63) is 23.3 Å². The molecule has 3 aliphatic carbocycles. The zero-order valence-electron chi connectivity index (χ0n) is 22.4. The van der Waals surface area contributed by atoms with Crippen LogP contribution in [0.5, 0.6) is 0 Å². The van der Waals surface area contributed by atoms with Crippen LogP contribution >= 0.6 is 0 Å². The van der Waals surface area contributed by atoms with Gasteiger partial charge in [0.25, 0.3) is 0 Å². The molecule has 0 atom stereocenters. The van der Waals surface area contributed by atoms with E-state index in [4.69, 9.17) is 0 Å². The van der Waals surface area contributed by atoms with Crippen molar-refractivity contribution < 1.29 is 0 Å². The van der Waals surface area contributed by atoms with Crippen LogP contribution in [0.2, 0.25) is 0 Å². The molecule has 192 valence electrons. The Morgan fingerprint density at radius 1 is 0.531 bits per heavy atom. The van der Waals surface area contributed by atoms with E-state index in [1.165, 1.54) is 83.5 Å². The first kappa shape index (κ1) is 33.7. The Balaban J connectivity index is 0. The second kappa shape index (κ2) is 15.4. The van der Waals surface area contributed by atoms with Gasteiger partial charge in [-0.05, 0) is 86.4 Å². The Hall–Kier alpha value is -0.520. The summed E-state index contributed by atoms with van der Waals surface area (Å²) in [5.74, 6) is 1.00. The summed E-state index contributed by atoms with van der Waals surface area (Å²) in [6.45, 7) is 21.0. The molecule has 1 fully saturated rings. The maximum Gasteiger partial charge on any atom is -0.0173 e. The molecule has 0 N–H and O–H groups in total. The topological polar surface area (TPSA) is 0 Å². The maximum absolute atomic E-state index is 2.43. The summed E-state index contributed by atoms with van der Waals surface area (Å²) in [5.41, 5.74) is 4.76. The van der Waals surface area contributed by atoms with Gasteiger partial charge in [-0.2, -0.15) is 0 Å². The van der Waals surface area contributed by atoms with Gasteiger partial charge in [-0.25, -0.2) is 0 Å². The Labute approximate surface area is 206 Å². The molecule has 0 aromatic carbocycles. The minimum absolute atomic E-state index is 0. The van der Waals surface area contributed by atoms with Crippen molar-refractivity contribution in [1.29, 1.82) is 0 Å². The van der Waals surface area contributed by atoms with Crippen LogP contribution < -0.4 is 0 Å². The van der Waals surface area contributed by atoms with E-state index in [9.17, 15) is 0 Å². The van der Waals surface area contributed by atoms with E-state index in [2.05, 4.69) is 74.5 Å². The zero-order chi connectivity index (χ0) is 22.8. The van der Waals surface area contributed by atoms with Crippen LogP contribution in [0.15, 0.2) is 23.3 Å². The third-order valence-electron chi connectivity index (χ3n) is 7.34. The summed E-state index contributed by atoms with van der Waals surface area (Å²) < 4.78 is 0. The summed E-state index contributed by atoms with van der Waals surface area (Å²) in [7, 11) is 0. The third kappa shape index (κ3) is 13.9. The second-order valence-electron chi connectivity index (χ2n) is 13.2. The minimum atomic E-state index is 0. The van der Waals surface area contributed by atoms with E-state index in [0.29, 0.717) is 16.2 Å². The number of allylic oxidation sites excluding steroid dienone is 4. The van der Waals surface area contributed by atoms with Crippen LogP contribution in [-0.4, -0.2) is 0 Å². The highest BCUT2D eigenvalue weighted by atomic mass is 14.3. The molecule has 0 aromatic rings. The molecule has 3 aliphatic rings. The first-order valence-corrected chi connectivity index (χ1v) is 13.2. The molecule has 3 rings (SSSR count). The average molecular weight is 449 g/mol. The van der Waals surface area contributed by atoms with Crippen LogP contribution in [0.3, 0.4) is 0 Å². The molecule has 32 heavy (non-hydrogen) atoms. The van der Waals surface area contributed by atoms with Crippen LogP contribution in [0.1, 0.15) is 161 Å². The average Bonchev–Trinajstić information content (AvgIpc) is 2.69. The van der Waals surface area contributed by atoms with E-state index in [0.717, 1.165) is 5.92 Å². The third-order valence-corrected chi connectivity index (χ3v) is 7.34. The van der Waals surface area contributed by atoms with Crippen molar-refractivity contribution in [2.24, 2.45) is 22.2 Å². The lowest BCUT2D eigenvalue weighted by Crippen LogP contribution is -2.22. The van der Waals surface area contributed by atoms with Crippen molar-refractivity contribution in [1.82, 2.24) is 0 Å². The molecule has 0 bridgehead atoms. The molecule has 0 radical (unpaired) electrons. The summed E-state index contributed by atoms with van der Waals surface area (Å²) >= 11 is 0. The van der Waals surface area contributed by atoms with Crippen LogP contribution in [0, 0.1) is 22.2 Å². The predicted molar refractivity (Wildman–Crippen MR) is 152 cm³/mol. The number of hydrogen-bond acceptors (Lipinski definition) is 0. The highest BCUT2D eigenvalue weighted by molar-refractivity contribution is 5.13. The van der Waals surface area contributed by atoms with Gasteiger partial charge in [0.05, 0.1) is 0 Å². The first-order valence-electron chi connectivity index (χ1n) is 13.2. The van der Waals surface area contributed by atoms with Crippen molar-refractivity contribution >= 4 is 0 Å². The molecule has 0 amide bonds. The molecule has 0 heteroatoms. The van der Waals surface area contributed by atoms with Gasteiger partial charge in [-0.15, -0.1) is 0 Å². The van der Waals surface area contributed by atoms with Crippen LogP contribution in [0.4, 0.5) is 0 Å². The van der Waals surface area contributed by atoms with Gasteiger partial charge in [-0.1, -0.05) is 120 Å². The van der Waals surface area contributed by atoms with Gasteiger partial charge in [-0.3, -0.25) is 0 Å². The molecule has 0 spiro atoms. The van der Waals surface area contributed by atoms with Gasteiger partial charge < -0.3 is 0 Å². The standard InChI is InChI=1S/C10H20.2C10H18.2CH4/c3*1-10(2,3)9-7-5-4-6-8-9;;/h9H,4-8H2,1-3H3;2*7H,4-6,8H2,1-3H3;2*1H4. The monoisotopic (exact) mass is 449 g/mol. The minimum Gasteiger partial charge on any atom is -0.0848 e. The molecule has 0 heterocycles. The summed E-state index contributed by atoms with van der Waals surface area (Å²) in [6, 6.07) is 0. The smallest absolute Gasteiger partial charge is 0.0173 e. The number of rotatable bonds is 0. The zero-order valence-corrected chi connectivity index (χ0v) is 22.4. The summed E-state index contributed by atoms with van der Waals surface area (Å²) in [6.07, 6.45) is 23.2. The fourth-order valence-electron chi connectivity index (χ4n) is 5.01. The summed E-state index contributed by atoms with van der Waals surface area (Å²) in [4.78, 5) is 0. The highest BCUT2D eigenvalue weighted by Gasteiger charge is 2.25. The Bertz CT molecular complexity index is 482. The van der Waals surface area contributed by atoms with E-state index < -0.39 is 0 Å². The molecule has 0 saturated heterocycles. The predicted octanol–water partition coefficient (Wildman–Crippen LogP) is 12.0. The molecule has 0 aromatic heterocycles. The Morgan fingerprint density at radius 2 is 0.906 bits per heavy atom. The maximum atomic E-state index is 2.43. The van der Waals surface area contributed by atoms with E-state index in [1.54, 1.807) is 11.1 Å². The summed E-state index contributed by atoms with van der Waals surface area (Å²) in [5, 5.41) is 0. The lowest BCUT2D eigenvalue weighted by atomic mass is 9.72. The van der Waals surface area contributed by atoms with Crippen LogP contribution in [0.25, 0.3) is 0 Å². The molecule has 0 aliphatic heterocycles. The van der Waals surface area contributed by atoms with E-state index in [1.807, 2.05) is 0 Å². The van der Waals surface area contributed by atoms with Gasteiger partial charge in [0.1, 0.15) is 0 Å². The largest absolute Gasteiger partial charge is 0.0848 e. The van der Waals surface area contributed by atoms with Crippen molar-refractivity contribution in [2.45, 2.75) is 161 Å². The molecule has 1 saturated carbocycles. The molecular weight excluding hydrogens is 384 g/mol. The van der Waals surface area contributed by atoms with Gasteiger partial charge in [0.15, 0.2) is 0 Å². The van der Waals surface area contributed by atoms with Gasteiger partial charge >= 0.3 is 0 Å². The molecular formula is C32H64. The quantitative estimate of drug-likeness (QED) is 0.323. The van der Waals surface area contributed by atoms with Crippen molar-refractivity contribution in [3.63, 3.8) is 0 Å². The Kier molecular flexibility index (Phi) is 16.2. The number of hydrogen-bond donors (Lipinski definition) is 0. The normalized spacial score (nSPS) is 20.0. The fraction of sp³-hybridized carbons (Fsp3) is 0.875. The Morgan fingerprint density at radius 3 is 1.09 bits per heavy atom. The fourth-order valence-corrected chi connectivity index (χ4v) is 5.01. The van der Waals surface area contributed by atoms with E-state index >= 15 is 0 Å². The van der Waals surface area contributed by atoms with Crippen molar-refractivity contribution in [3.8, 4) is 0 Å². The van der Waals surface area contributed by atoms with Gasteiger partial charge in [0.2, 0.25) is 0 Å².